The van der Waals surface area contributed by atoms with Crippen LogP contribution in [0.2, 0.25) is 0 Å². The Balaban J connectivity index is 1.43. The molecular weight excluding hydrogens is 368 g/mol. The van der Waals surface area contributed by atoms with Crippen molar-refractivity contribution in [3.8, 4) is 6.07 Å². The van der Waals surface area contributed by atoms with Crippen LogP contribution in [0.3, 0.4) is 0 Å². The second kappa shape index (κ2) is 7.11. The van der Waals surface area contributed by atoms with Gasteiger partial charge in [-0.3, -0.25) is 14.5 Å². The zero-order valence-electron chi connectivity index (χ0n) is 15.2. The molecule has 3 aliphatic rings. The van der Waals surface area contributed by atoms with Crippen LogP contribution in [0.5, 0.6) is 0 Å². The molecule has 4 atom stereocenters. The molecule has 0 saturated carbocycles. The summed E-state index contributed by atoms with van der Waals surface area (Å²) in [6, 6.07) is 3.27. The van der Waals surface area contributed by atoms with E-state index in [1.807, 2.05) is 4.90 Å². The maximum atomic E-state index is 13.5. The second-order valence-corrected chi connectivity index (χ2v) is 7.62. The van der Waals surface area contributed by atoms with Crippen molar-refractivity contribution in [1.29, 1.82) is 5.26 Å². The molecule has 1 aromatic rings. The number of benzene rings is 1. The highest BCUT2D eigenvalue weighted by atomic mass is 19.1. The van der Waals surface area contributed by atoms with Crippen LogP contribution in [0.15, 0.2) is 18.2 Å². The number of rotatable bonds is 4. The van der Waals surface area contributed by atoms with E-state index in [2.05, 4.69) is 6.07 Å². The monoisotopic (exact) mass is 389 g/mol. The van der Waals surface area contributed by atoms with Gasteiger partial charge in [-0.1, -0.05) is 0 Å². The first kappa shape index (κ1) is 18.8. The topological polar surface area (TPSA) is 93.7 Å². The van der Waals surface area contributed by atoms with E-state index >= 15 is 0 Å². The number of nitrogens with zero attached hydrogens (tertiary/aromatic N) is 4. The predicted octanol–water partition coefficient (Wildman–Crippen LogP) is 0.596. The van der Waals surface area contributed by atoms with E-state index in [1.54, 1.807) is 0 Å². The molecule has 2 amide bonds. The van der Waals surface area contributed by atoms with Gasteiger partial charge in [0, 0.05) is 31.4 Å². The average Bonchev–Trinajstić information content (AvgIpc) is 3.34. The lowest BCUT2D eigenvalue weighted by molar-refractivity contribution is -0.134. The lowest BCUT2D eigenvalue weighted by atomic mass is 10.1. The number of carbonyl (C=O) groups excluding carboxylic acids is 2. The van der Waals surface area contributed by atoms with E-state index in [9.17, 15) is 18.4 Å². The quantitative estimate of drug-likeness (QED) is 0.814. The Bertz CT molecular complexity index is 837. The molecule has 0 aromatic heterocycles. The number of nitrogens with two attached hydrogens (primary N) is 1. The van der Waals surface area contributed by atoms with Gasteiger partial charge in [0.1, 0.15) is 17.7 Å². The van der Waals surface area contributed by atoms with Gasteiger partial charge in [-0.2, -0.15) is 5.26 Å². The van der Waals surface area contributed by atoms with E-state index < -0.39 is 29.8 Å². The van der Waals surface area contributed by atoms with Crippen molar-refractivity contribution in [2.24, 2.45) is 5.73 Å². The molecule has 0 aliphatic carbocycles. The molecule has 3 saturated heterocycles. The number of carbonyl (C=O) groups is 2. The van der Waals surface area contributed by atoms with Gasteiger partial charge >= 0.3 is 0 Å². The number of likely N-dealkylation sites (tertiary alicyclic amines) is 2. The Labute approximate surface area is 161 Å². The van der Waals surface area contributed by atoms with Gasteiger partial charge in [0.15, 0.2) is 0 Å². The van der Waals surface area contributed by atoms with Gasteiger partial charge < -0.3 is 15.5 Å². The standard InChI is InChI=1S/C19H21F2N5O2/c20-11-4-12(21)6-14(5-11)26-15-7-17(19(26)28)24(9-15)10-16(23)18(27)25-3-1-2-13(25)8-22/h4-6,13,15-17H,1-3,7,9-10,23H2/t13?,15-,16?,17?/m0/s1. The first-order valence-corrected chi connectivity index (χ1v) is 9.38. The van der Waals surface area contributed by atoms with Crippen molar-refractivity contribution in [3.63, 3.8) is 0 Å². The number of halogens is 2. The highest BCUT2D eigenvalue weighted by Gasteiger charge is 2.50. The van der Waals surface area contributed by atoms with Crippen molar-refractivity contribution >= 4 is 17.5 Å². The van der Waals surface area contributed by atoms with Gasteiger partial charge in [-0.15, -0.1) is 0 Å². The van der Waals surface area contributed by atoms with Crippen LogP contribution < -0.4 is 10.6 Å². The van der Waals surface area contributed by atoms with Crippen LogP contribution in [-0.2, 0) is 9.59 Å². The van der Waals surface area contributed by atoms with Crippen LogP contribution in [0.4, 0.5) is 14.5 Å². The third-order valence-corrected chi connectivity index (χ3v) is 5.83. The Morgan fingerprint density at radius 3 is 2.68 bits per heavy atom. The summed E-state index contributed by atoms with van der Waals surface area (Å²) in [5.74, 6) is -1.97. The lowest BCUT2D eigenvalue weighted by Gasteiger charge is -2.35. The zero-order chi connectivity index (χ0) is 20.0. The number of piperazine rings is 1. The minimum absolute atomic E-state index is 0.209. The molecule has 3 heterocycles. The molecule has 4 rings (SSSR count). The summed E-state index contributed by atoms with van der Waals surface area (Å²) in [5, 5.41) is 9.15. The van der Waals surface area contributed by atoms with Crippen molar-refractivity contribution in [3.05, 3.63) is 29.8 Å². The lowest BCUT2D eigenvalue weighted by Crippen LogP contribution is -2.56. The number of fused-ring (bicyclic) bond motifs is 2. The normalized spacial score (nSPS) is 28.1. The summed E-state index contributed by atoms with van der Waals surface area (Å²) in [7, 11) is 0. The van der Waals surface area contributed by atoms with Crippen LogP contribution in [-0.4, -0.2) is 65.4 Å². The molecule has 7 nitrogen and oxygen atoms in total. The summed E-state index contributed by atoms with van der Waals surface area (Å²) < 4.78 is 27.1. The van der Waals surface area contributed by atoms with E-state index in [0.717, 1.165) is 24.6 Å². The number of hydrogen-bond acceptors (Lipinski definition) is 5. The molecule has 0 radical (unpaired) electrons. The predicted molar refractivity (Wildman–Crippen MR) is 95.9 cm³/mol. The average molecular weight is 389 g/mol. The van der Waals surface area contributed by atoms with Gasteiger partial charge in [0.2, 0.25) is 11.8 Å². The Hall–Kier alpha value is -2.57. The zero-order valence-corrected chi connectivity index (χ0v) is 15.2. The number of amides is 2. The number of anilines is 1. The molecule has 28 heavy (non-hydrogen) atoms. The van der Waals surface area contributed by atoms with Gasteiger partial charge in [-0.25, -0.2) is 8.78 Å². The van der Waals surface area contributed by atoms with E-state index in [0.29, 0.717) is 25.9 Å². The molecule has 3 unspecified atom stereocenters. The Morgan fingerprint density at radius 1 is 1.32 bits per heavy atom. The highest BCUT2D eigenvalue weighted by molar-refractivity contribution is 6.01. The Morgan fingerprint density at radius 2 is 2.04 bits per heavy atom. The summed E-state index contributed by atoms with van der Waals surface area (Å²) in [4.78, 5) is 30.2. The summed E-state index contributed by atoms with van der Waals surface area (Å²) in [5.41, 5.74) is 6.30. The van der Waals surface area contributed by atoms with E-state index in [-0.39, 0.29) is 30.1 Å². The van der Waals surface area contributed by atoms with E-state index in [4.69, 9.17) is 11.0 Å². The van der Waals surface area contributed by atoms with Crippen LogP contribution >= 0.6 is 0 Å². The maximum Gasteiger partial charge on any atom is 0.244 e. The SMILES string of the molecule is N#CC1CCCN1C(=O)C(N)CN1C[C@@H]2CC1C(=O)N2c1cc(F)cc(F)c1. The molecule has 2 N–H and O–H groups in total. The first-order valence-electron chi connectivity index (χ1n) is 9.38. The fourth-order valence-electron chi connectivity index (χ4n) is 4.59. The van der Waals surface area contributed by atoms with Crippen molar-refractivity contribution in [2.45, 2.75) is 43.4 Å². The van der Waals surface area contributed by atoms with Crippen molar-refractivity contribution in [2.75, 3.05) is 24.5 Å². The summed E-state index contributed by atoms with van der Waals surface area (Å²) in [6.45, 7) is 1.22. The molecule has 3 aliphatic heterocycles. The minimum Gasteiger partial charge on any atom is -0.325 e. The van der Waals surface area contributed by atoms with Gasteiger partial charge in [0.05, 0.1) is 24.2 Å². The summed E-state index contributed by atoms with van der Waals surface area (Å²) in [6.07, 6.45) is 1.96. The fraction of sp³-hybridized carbons (Fsp3) is 0.526. The third kappa shape index (κ3) is 3.12. The molecule has 148 valence electrons. The number of hydrogen-bond donors (Lipinski definition) is 1. The number of nitriles is 1. The minimum atomic E-state index is -0.818. The molecule has 1 aromatic carbocycles. The van der Waals surface area contributed by atoms with E-state index in [1.165, 1.54) is 9.80 Å². The van der Waals surface area contributed by atoms with Gasteiger partial charge in [-0.05, 0) is 31.4 Å². The third-order valence-electron chi connectivity index (χ3n) is 5.83. The van der Waals surface area contributed by atoms with Gasteiger partial charge in [0.25, 0.3) is 0 Å². The van der Waals surface area contributed by atoms with Crippen molar-refractivity contribution in [1.82, 2.24) is 9.80 Å². The molecule has 0 spiro atoms. The Kier molecular flexibility index (Phi) is 4.77. The smallest absolute Gasteiger partial charge is 0.244 e. The van der Waals surface area contributed by atoms with Crippen LogP contribution in [0.1, 0.15) is 19.3 Å². The first-order chi connectivity index (χ1) is 13.4. The molecule has 3 fully saturated rings. The van der Waals surface area contributed by atoms with Crippen molar-refractivity contribution < 1.29 is 18.4 Å². The maximum absolute atomic E-state index is 13.5. The van der Waals surface area contributed by atoms with Crippen LogP contribution in [0.25, 0.3) is 0 Å². The molecule has 9 heteroatoms. The van der Waals surface area contributed by atoms with Crippen LogP contribution in [0, 0.1) is 23.0 Å². The largest absolute Gasteiger partial charge is 0.325 e. The highest BCUT2D eigenvalue weighted by Crippen LogP contribution is 2.36. The summed E-state index contributed by atoms with van der Waals surface area (Å²) >= 11 is 0. The second-order valence-electron chi connectivity index (χ2n) is 7.62. The molecular formula is C19H21F2N5O2. The fourth-order valence-corrected chi connectivity index (χ4v) is 4.59. The molecule has 2 bridgehead atoms.